The van der Waals surface area contributed by atoms with Crippen LogP contribution in [-0.4, -0.2) is 226 Å². The van der Waals surface area contributed by atoms with Crippen molar-refractivity contribution in [1.29, 1.82) is 0 Å². The Morgan fingerprint density at radius 2 is 0.481 bits per heavy atom. The van der Waals surface area contributed by atoms with E-state index in [-0.39, 0.29) is 0 Å². The fourth-order valence-electron chi connectivity index (χ4n) is 8.22. The molecule has 0 saturated heterocycles. The van der Waals surface area contributed by atoms with Crippen molar-refractivity contribution in [3.8, 4) is 22.6 Å². The summed E-state index contributed by atoms with van der Waals surface area (Å²) >= 11 is 7.59. The van der Waals surface area contributed by atoms with Crippen LogP contribution in [0.15, 0.2) is 93.9 Å². The topological polar surface area (TPSA) is 166 Å². The molecule has 0 radical (unpaired) electrons. The number of hydrogen-bond donors (Lipinski definition) is 0. The highest BCUT2D eigenvalue weighted by molar-refractivity contribution is 9.10. The molecule has 4 aromatic carbocycles. The van der Waals surface area contributed by atoms with Crippen LogP contribution in [0.3, 0.4) is 0 Å². The van der Waals surface area contributed by atoms with Crippen LogP contribution >= 0.6 is 31.9 Å². The molecule has 0 amide bonds. The second kappa shape index (κ2) is 43.5. The van der Waals surface area contributed by atoms with Crippen molar-refractivity contribution in [2.45, 2.75) is 5.41 Å². The zero-order valence-electron chi connectivity index (χ0n) is 46.3. The summed E-state index contributed by atoms with van der Waals surface area (Å²) in [6.45, 7) is 15.9. The Bertz CT molecular complexity index is 1970. The first-order valence-electron chi connectivity index (χ1n) is 27.2. The SMILES string of the molecule is COCCOCCOCCOCCOCCOCCOCCOCCOc1ccc(C2(c3ccc(OCCOCCOCCOCCOCCOCCOCCOCCOC)cc3)c3cc(Br)ccc3-c3ccc(Br)cc32)cc1. The van der Waals surface area contributed by atoms with Crippen molar-refractivity contribution in [3.05, 3.63) is 116 Å². The van der Waals surface area contributed by atoms with Gasteiger partial charge in [-0.3, -0.25) is 0 Å². The maximum atomic E-state index is 6.14. The maximum Gasteiger partial charge on any atom is 0.119 e. The van der Waals surface area contributed by atoms with Crippen LogP contribution in [-0.2, 0) is 81.2 Å². The number of benzene rings is 4. The Hall–Kier alpha value is -3.20. The lowest BCUT2D eigenvalue weighted by atomic mass is 9.67. The first-order valence-corrected chi connectivity index (χ1v) is 28.8. The minimum absolute atomic E-state index is 0.403. The van der Waals surface area contributed by atoms with Gasteiger partial charge in [-0.05, 0) is 81.9 Å². The predicted molar refractivity (Wildman–Crippen MR) is 305 cm³/mol. The highest BCUT2D eigenvalue weighted by atomic mass is 79.9. The van der Waals surface area contributed by atoms with E-state index >= 15 is 0 Å². The van der Waals surface area contributed by atoms with E-state index in [4.69, 9.17) is 85.3 Å². The summed E-state index contributed by atoms with van der Waals surface area (Å²) in [5.41, 5.74) is 6.33. The molecule has 0 aliphatic heterocycles. The van der Waals surface area contributed by atoms with Gasteiger partial charge in [-0.25, -0.2) is 0 Å². The Labute approximate surface area is 484 Å². The maximum absolute atomic E-state index is 6.14. The summed E-state index contributed by atoms with van der Waals surface area (Å²) < 4.78 is 102. The summed E-state index contributed by atoms with van der Waals surface area (Å²) in [6.07, 6.45) is 0. The minimum atomic E-state index is -0.626. The predicted octanol–water partition coefficient (Wildman–Crippen LogP) is 7.86. The van der Waals surface area contributed by atoms with Crippen LogP contribution < -0.4 is 9.47 Å². The zero-order chi connectivity index (χ0) is 55.5. The fraction of sp³-hybridized carbons (Fsp3) is 0.593. The molecule has 0 spiro atoms. The van der Waals surface area contributed by atoms with E-state index in [0.29, 0.717) is 211 Å². The summed E-state index contributed by atoms with van der Waals surface area (Å²) in [5, 5.41) is 0. The van der Waals surface area contributed by atoms with E-state index < -0.39 is 5.41 Å². The Kier molecular flexibility index (Phi) is 36.7. The third-order valence-electron chi connectivity index (χ3n) is 12.0. The van der Waals surface area contributed by atoms with Crippen LogP contribution in [0.1, 0.15) is 22.3 Å². The van der Waals surface area contributed by atoms with E-state index in [1.165, 1.54) is 22.3 Å². The molecular formula is C59H84Br2O18. The van der Waals surface area contributed by atoms with Gasteiger partial charge in [0.1, 0.15) is 24.7 Å². The molecule has 442 valence electrons. The zero-order valence-corrected chi connectivity index (χ0v) is 49.5. The summed E-state index contributed by atoms with van der Waals surface area (Å²) in [4.78, 5) is 0. The van der Waals surface area contributed by atoms with E-state index in [0.717, 1.165) is 31.6 Å². The van der Waals surface area contributed by atoms with E-state index in [1.807, 2.05) is 24.3 Å². The van der Waals surface area contributed by atoms with Gasteiger partial charge in [-0.15, -0.1) is 0 Å². The molecule has 0 bridgehead atoms. The van der Waals surface area contributed by atoms with Gasteiger partial charge in [0.2, 0.25) is 0 Å². The molecule has 5 rings (SSSR count). The Morgan fingerprint density at radius 1 is 0.266 bits per heavy atom. The molecule has 0 unspecified atom stereocenters. The molecule has 4 aromatic rings. The van der Waals surface area contributed by atoms with E-state index in [1.54, 1.807) is 14.2 Å². The Balaban J connectivity index is 0.934. The van der Waals surface area contributed by atoms with Crippen molar-refractivity contribution in [3.63, 3.8) is 0 Å². The van der Waals surface area contributed by atoms with Crippen LogP contribution in [0, 0.1) is 0 Å². The number of rotatable bonds is 52. The lowest BCUT2D eigenvalue weighted by Gasteiger charge is -2.34. The summed E-state index contributed by atoms with van der Waals surface area (Å²) in [6, 6.07) is 29.8. The van der Waals surface area contributed by atoms with Gasteiger partial charge < -0.3 is 85.3 Å². The molecule has 18 nitrogen and oxygen atoms in total. The van der Waals surface area contributed by atoms with Crippen LogP contribution in [0.2, 0.25) is 0 Å². The average molecular weight is 1240 g/mol. The van der Waals surface area contributed by atoms with Gasteiger partial charge >= 0.3 is 0 Å². The summed E-state index contributed by atoms with van der Waals surface area (Å²) in [5.74, 6) is 1.51. The number of ether oxygens (including phenoxy) is 18. The third kappa shape index (κ3) is 26.3. The van der Waals surface area contributed by atoms with Crippen LogP contribution in [0.5, 0.6) is 11.5 Å². The van der Waals surface area contributed by atoms with Crippen molar-refractivity contribution in [2.75, 3.05) is 226 Å². The summed E-state index contributed by atoms with van der Waals surface area (Å²) in [7, 11) is 3.29. The van der Waals surface area contributed by atoms with Crippen LogP contribution in [0.25, 0.3) is 11.1 Å². The first-order chi connectivity index (χ1) is 39.1. The minimum Gasteiger partial charge on any atom is -0.491 e. The monoisotopic (exact) mass is 1240 g/mol. The number of fused-ring (bicyclic) bond motifs is 3. The standard InChI is InChI=1S/C59H84Br2O18/c1-62-15-17-64-19-21-66-23-25-68-27-29-70-31-33-72-35-37-74-39-41-76-43-45-78-53-9-3-49(4-10-53)59(57-47-51(60)7-13-55(57)56-14-8-52(61)48-58(56)59)50-5-11-54(12-6-50)79-46-44-77-42-40-75-38-36-73-34-32-71-30-28-69-26-24-67-22-20-65-18-16-63-2/h3-14,47-48H,15-46H2,1-2H3. The molecule has 0 aromatic heterocycles. The average Bonchev–Trinajstić information content (AvgIpc) is 3.85. The second-order valence-corrected chi connectivity index (χ2v) is 19.3. The normalized spacial score (nSPS) is 12.6. The first kappa shape index (κ1) is 66.6. The third-order valence-corrected chi connectivity index (χ3v) is 12.9. The van der Waals surface area contributed by atoms with Gasteiger partial charge in [-0.2, -0.15) is 0 Å². The molecule has 0 saturated carbocycles. The quantitative estimate of drug-likeness (QED) is 0.0345. The number of hydrogen-bond acceptors (Lipinski definition) is 18. The lowest BCUT2D eigenvalue weighted by molar-refractivity contribution is -0.0227. The van der Waals surface area contributed by atoms with Crippen molar-refractivity contribution < 1.29 is 85.3 Å². The van der Waals surface area contributed by atoms with Gasteiger partial charge in [0.25, 0.3) is 0 Å². The molecular weight excluding hydrogens is 1160 g/mol. The molecule has 0 fully saturated rings. The second-order valence-electron chi connectivity index (χ2n) is 17.4. The fourth-order valence-corrected chi connectivity index (χ4v) is 8.95. The lowest BCUT2D eigenvalue weighted by Crippen LogP contribution is -2.28. The van der Waals surface area contributed by atoms with E-state index in [2.05, 4.69) is 92.5 Å². The molecule has 1 aliphatic carbocycles. The van der Waals surface area contributed by atoms with Gasteiger partial charge in [-0.1, -0.05) is 68.3 Å². The molecule has 1 aliphatic rings. The number of halogens is 2. The van der Waals surface area contributed by atoms with Crippen LogP contribution in [0.4, 0.5) is 0 Å². The molecule has 0 atom stereocenters. The van der Waals surface area contributed by atoms with Gasteiger partial charge in [0, 0.05) is 23.2 Å². The molecule has 20 heteroatoms. The smallest absolute Gasteiger partial charge is 0.119 e. The number of methoxy groups -OCH3 is 2. The Morgan fingerprint density at radius 3 is 0.709 bits per heavy atom. The molecule has 0 N–H and O–H groups in total. The molecule has 0 heterocycles. The largest absolute Gasteiger partial charge is 0.491 e. The van der Waals surface area contributed by atoms with Crippen molar-refractivity contribution in [2.24, 2.45) is 0 Å². The highest BCUT2D eigenvalue weighted by Crippen LogP contribution is 2.57. The van der Waals surface area contributed by atoms with Crippen molar-refractivity contribution in [1.82, 2.24) is 0 Å². The van der Waals surface area contributed by atoms with Crippen molar-refractivity contribution >= 4 is 31.9 Å². The van der Waals surface area contributed by atoms with Gasteiger partial charge in [0.15, 0.2) is 0 Å². The van der Waals surface area contributed by atoms with Gasteiger partial charge in [0.05, 0.1) is 204 Å². The molecule has 79 heavy (non-hydrogen) atoms. The highest BCUT2D eigenvalue weighted by Gasteiger charge is 2.46. The van der Waals surface area contributed by atoms with E-state index in [9.17, 15) is 0 Å².